The van der Waals surface area contributed by atoms with Gasteiger partial charge in [-0.05, 0) is 68.9 Å². The van der Waals surface area contributed by atoms with Crippen molar-refractivity contribution in [1.82, 2.24) is 4.72 Å². The van der Waals surface area contributed by atoms with Crippen LogP contribution in [-0.2, 0) is 10.0 Å². The summed E-state index contributed by atoms with van der Waals surface area (Å²) in [6.45, 7) is 4.10. The standard InChI is InChI=1S/C19H27NO2S/c1-3-4-5-6-18-15-9-10-16(13-15)19(18)20-23(21,22)17-11-7-14(2)8-12-17/h4-5,7-8,11-12,15-16,18-20H,3,6,9-10,13H2,1-2H3. The van der Waals surface area contributed by atoms with E-state index < -0.39 is 10.0 Å². The summed E-state index contributed by atoms with van der Waals surface area (Å²) in [7, 11) is -3.42. The van der Waals surface area contributed by atoms with Crippen LogP contribution in [0.1, 0.15) is 44.6 Å². The molecule has 2 fully saturated rings. The van der Waals surface area contributed by atoms with Gasteiger partial charge in [-0.1, -0.05) is 36.8 Å². The third-order valence-electron chi connectivity index (χ3n) is 5.52. The van der Waals surface area contributed by atoms with E-state index >= 15 is 0 Å². The summed E-state index contributed by atoms with van der Waals surface area (Å²) in [4.78, 5) is 0.383. The molecule has 4 unspecified atom stereocenters. The maximum Gasteiger partial charge on any atom is 0.240 e. The summed E-state index contributed by atoms with van der Waals surface area (Å²) in [6.07, 6.45) is 10.1. The Kier molecular flexibility index (Phi) is 4.93. The van der Waals surface area contributed by atoms with Gasteiger partial charge in [-0.15, -0.1) is 0 Å². The first-order chi connectivity index (χ1) is 11.0. The van der Waals surface area contributed by atoms with Crippen molar-refractivity contribution in [3.63, 3.8) is 0 Å². The van der Waals surface area contributed by atoms with E-state index in [0.717, 1.165) is 18.4 Å². The Hall–Kier alpha value is -1.13. The van der Waals surface area contributed by atoms with Crippen molar-refractivity contribution in [3.05, 3.63) is 42.0 Å². The molecule has 2 bridgehead atoms. The molecule has 1 aromatic rings. The van der Waals surface area contributed by atoms with Gasteiger partial charge >= 0.3 is 0 Å². The van der Waals surface area contributed by atoms with Crippen LogP contribution in [0.3, 0.4) is 0 Å². The fourth-order valence-electron chi connectivity index (χ4n) is 4.32. The van der Waals surface area contributed by atoms with E-state index in [9.17, 15) is 8.42 Å². The van der Waals surface area contributed by atoms with Crippen LogP contribution in [0.2, 0.25) is 0 Å². The fourth-order valence-corrected chi connectivity index (χ4v) is 5.67. The highest BCUT2D eigenvalue weighted by Crippen LogP contribution is 2.50. The number of hydrogen-bond donors (Lipinski definition) is 1. The first-order valence-electron chi connectivity index (χ1n) is 8.75. The molecule has 0 aliphatic heterocycles. The van der Waals surface area contributed by atoms with Crippen LogP contribution < -0.4 is 4.72 Å². The van der Waals surface area contributed by atoms with Crippen LogP contribution in [0.25, 0.3) is 0 Å². The zero-order valence-corrected chi connectivity index (χ0v) is 14.9. The minimum Gasteiger partial charge on any atom is -0.207 e. The molecule has 1 N–H and O–H groups in total. The van der Waals surface area contributed by atoms with E-state index in [1.165, 1.54) is 19.3 Å². The Morgan fingerprint density at radius 1 is 1.13 bits per heavy atom. The van der Waals surface area contributed by atoms with Gasteiger partial charge in [-0.3, -0.25) is 0 Å². The quantitative estimate of drug-likeness (QED) is 0.799. The SMILES string of the molecule is CCC=CCC1C2CCC(C2)C1NS(=O)(=O)c1ccc(C)cc1. The predicted molar refractivity (Wildman–Crippen MR) is 93.7 cm³/mol. The number of aryl methyl sites for hydroxylation is 1. The van der Waals surface area contributed by atoms with E-state index in [1.54, 1.807) is 12.1 Å². The van der Waals surface area contributed by atoms with Crippen molar-refractivity contribution in [2.45, 2.75) is 56.9 Å². The summed E-state index contributed by atoms with van der Waals surface area (Å²) in [5.74, 6) is 1.66. The van der Waals surface area contributed by atoms with E-state index in [4.69, 9.17) is 0 Å². The highest BCUT2D eigenvalue weighted by atomic mass is 32.2. The molecule has 0 amide bonds. The van der Waals surface area contributed by atoms with Gasteiger partial charge in [-0.25, -0.2) is 13.1 Å². The van der Waals surface area contributed by atoms with Crippen molar-refractivity contribution in [1.29, 1.82) is 0 Å². The molecule has 2 aliphatic rings. The predicted octanol–water partition coefficient (Wildman–Crippen LogP) is 4.04. The molecular formula is C19H27NO2S. The lowest BCUT2D eigenvalue weighted by Gasteiger charge is -2.31. The number of nitrogens with one attached hydrogen (secondary N) is 1. The third-order valence-corrected chi connectivity index (χ3v) is 7.00. The number of hydrogen-bond acceptors (Lipinski definition) is 2. The second kappa shape index (κ2) is 6.78. The lowest BCUT2D eigenvalue weighted by atomic mass is 9.83. The number of rotatable bonds is 6. The van der Waals surface area contributed by atoms with E-state index in [0.29, 0.717) is 22.6 Å². The lowest BCUT2D eigenvalue weighted by Crippen LogP contribution is -2.43. The zero-order chi connectivity index (χ0) is 16.4. The second-order valence-corrected chi connectivity index (χ2v) is 8.79. The molecule has 2 aliphatic carbocycles. The van der Waals surface area contributed by atoms with Crippen LogP contribution >= 0.6 is 0 Å². The van der Waals surface area contributed by atoms with E-state index in [1.807, 2.05) is 19.1 Å². The van der Waals surface area contributed by atoms with Gasteiger partial charge in [0.25, 0.3) is 0 Å². The van der Waals surface area contributed by atoms with Gasteiger partial charge < -0.3 is 0 Å². The molecule has 3 rings (SSSR count). The second-order valence-electron chi connectivity index (χ2n) is 7.07. The van der Waals surface area contributed by atoms with Gasteiger partial charge in [0.1, 0.15) is 0 Å². The van der Waals surface area contributed by atoms with Gasteiger partial charge in [0, 0.05) is 6.04 Å². The third kappa shape index (κ3) is 3.53. The number of benzene rings is 1. The average Bonchev–Trinajstić information content (AvgIpc) is 3.10. The van der Waals surface area contributed by atoms with Crippen LogP contribution in [0.5, 0.6) is 0 Å². The summed E-state index contributed by atoms with van der Waals surface area (Å²) in [6, 6.07) is 7.23. The number of sulfonamides is 1. The molecule has 126 valence electrons. The van der Waals surface area contributed by atoms with Crippen molar-refractivity contribution in [2.75, 3.05) is 0 Å². The highest BCUT2D eigenvalue weighted by Gasteiger charge is 2.48. The summed E-state index contributed by atoms with van der Waals surface area (Å²) < 4.78 is 28.5. The van der Waals surface area contributed by atoms with E-state index in [-0.39, 0.29) is 6.04 Å². The van der Waals surface area contributed by atoms with Crippen molar-refractivity contribution in [3.8, 4) is 0 Å². The summed E-state index contributed by atoms with van der Waals surface area (Å²) in [5, 5.41) is 0. The molecule has 0 aromatic heterocycles. The zero-order valence-electron chi connectivity index (χ0n) is 14.0. The van der Waals surface area contributed by atoms with Crippen LogP contribution in [0, 0.1) is 24.7 Å². The van der Waals surface area contributed by atoms with Crippen LogP contribution in [0.15, 0.2) is 41.3 Å². The maximum atomic E-state index is 12.7. The molecule has 0 heterocycles. The Morgan fingerprint density at radius 3 is 2.52 bits per heavy atom. The van der Waals surface area contributed by atoms with Crippen LogP contribution in [0.4, 0.5) is 0 Å². The molecule has 2 saturated carbocycles. The number of allylic oxidation sites excluding steroid dienone is 2. The summed E-state index contributed by atoms with van der Waals surface area (Å²) in [5.41, 5.74) is 1.08. The molecule has 4 heteroatoms. The minimum absolute atomic E-state index is 0.0987. The molecule has 0 saturated heterocycles. The largest absolute Gasteiger partial charge is 0.240 e. The Bertz CT molecular complexity index is 663. The van der Waals surface area contributed by atoms with Crippen LogP contribution in [-0.4, -0.2) is 14.5 Å². The minimum atomic E-state index is -3.42. The van der Waals surface area contributed by atoms with E-state index in [2.05, 4.69) is 23.8 Å². The molecule has 1 aromatic carbocycles. The molecule has 3 nitrogen and oxygen atoms in total. The van der Waals surface area contributed by atoms with Gasteiger partial charge in [0.15, 0.2) is 0 Å². The number of fused-ring (bicyclic) bond motifs is 2. The Labute approximate surface area is 140 Å². The topological polar surface area (TPSA) is 46.2 Å². The molecular weight excluding hydrogens is 306 g/mol. The van der Waals surface area contributed by atoms with Crippen molar-refractivity contribution >= 4 is 10.0 Å². The first kappa shape index (κ1) is 16.7. The first-order valence-corrected chi connectivity index (χ1v) is 10.2. The van der Waals surface area contributed by atoms with Crippen molar-refractivity contribution < 1.29 is 8.42 Å². The molecule has 23 heavy (non-hydrogen) atoms. The Balaban J connectivity index is 1.76. The van der Waals surface area contributed by atoms with Gasteiger partial charge in [-0.2, -0.15) is 0 Å². The normalized spacial score (nSPS) is 30.3. The maximum absolute atomic E-state index is 12.7. The van der Waals surface area contributed by atoms with Gasteiger partial charge in [0.2, 0.25) is 10.0 Å². The fraction of sp³-hybridized carbons (Fsp3) is 0.579. The van der Waals surface area contributed by atoms with Gasteiger partial charge in [0.05, 0.1) is 4.90 Å². The lowest BCUT2D eigenvalue weighted by molar-refractivity contribution is 0.274. The molecule has 4 atom stereocenters. The molecule has 0 spiro atoms. The summed E-state index contributed by atoms with van der Waals surface area (Å²) >= 11 is 0. The smallest absolute Gasteiger partial charge is 0.207 e. The monoisotopic (exact) mass is 333 g/mol. The average molecular weight is 333 g/mol. The Morgan fingerprint density at radius 2 is 1.83 bits per heavy atom. The molecule has 0 radical (unpaired) electrons. The highest BCUT2D eigenvalue weighted by molar-refractivity contribution is 7.89. The van der Waals surface area contributed by atoms with Crippen molar-refractivity contribution in [2.24, 2.45) is 17.8 Å².